The van der Waals surface area contributed by atoms with E-state index >= 15 is 0 Å². The lowest BCUT2D eigenvalue weighted by molar-refractivity contribution is -0.119. The lowest BCUT2D eigenvalue weighted by Crippen LogP contribution is -2.20. The van der Waals surface area contributed by atoms with Gasteiger partial charge in [-0.25, -0.2) is 9.18 Å². The summed E-state index contributed by atoms with van der Waals surface area (Å²) in [6.45, 7) is -0.414. The maximum Gasteiger partial charge on any atom is 0.338 e. The van der Waals surface area contributed by atoms with Gasteiger partial charge in [-0.15, -0.1) is 0 Å². The number of rotatable bonds is 4. The molecular formula is C15H11BrFNO3. The van der Waals surface area contributed by atoms with Crippen LogP contribution in [0.25, 0.3) is 0 Å². The average Bonchev–Trinajstić information content (AvgIpc) is 2.45. The minimum atomic E-state index is -0.681. The second-order valence-electron chi connectivity index (χ2n) is 4.14. The number of benzene rings is 2. The number of carbonyl (C=O) groups excluding carboxylic acids is 2. The van der Waals surface area contributed by atoms with Gasteiger partial charge in [0, 0.05) is 10.2 Å². The van der Waals surface area contributed by atoms with Crippen LogP contribution in [-0.2, 0) is 9.53 Å². The molecule has 0 unspecified atom stereocenters. The van der Waals surface area contributed by atoms with E-state index in [0.29, 0.717) is 5.69 Å². The van der Waals surface area contributed by atoms with Crippen LogP contribution in [0.15, 0.2) is 53.0 Å². The monoisotopic (exact) mass is 351 g/mol. The molecule has 6 heteroatoms. The van der Waals surface area contributed by atoms with Crippen LogP contribution >= 0.6 is 15.9 Å². The molecule has 0 atom stereocenters. The summed E-state index contributed by atoms with van der Waals surface area (Å²) in [5.41, 5.74) is 0.777. The van der Waals surface area contributed by atoms with Crippen molar-refractivity contribution in [3.63, 3.8) is 0 Å². The van der Waals surface area contributed by atoms with Gasteiger partial charge in [0.25, 0.3) is 5.91 Å². The Morgan fingerprint density at radius 1 is 1.14 bits per heavy atom. The topological polar surface area (TPSA) is 55.4 Å². The number of halogens is 2. The molecule has 21 heavy (non-hydrogen) atoms. The number of ether oxygens (including phenoxy) is 1. The van der Waals surface area contributed by atoms with Crippen LogP contribution in [0.1, 0.15) is 10.4 Å². The summed E-state index contributed by atoms with van der Waals surface area (Å²) in [6.07, 6.45) is 0. The molecule has 108 valence electrons. The highest BCUT2D eigenvalue weighted by Crippen LogP contribution is 2.15. The quantitative estimate of drug-likeness (QED) is 0.859. The normalized spacial score (nSPS) is 10.0. The molecule has 0 aliphatic carbocycles. The molecule has 0 fully saturated rings. The van der Waals surface area contributed by atoms with Gasteiger partial charge in [0.15, 0.2) is 6.61 Å². The van der Waals surface area contributed by atoms with Crippen molar-refractivity contribution in [3.8, 4) is 0 Å². The average molecular weight is 352 g/mol. The number of carbonyl (C=O) groups is 2. The molecule has 0 aliphatic rings. The van der Waals surface area contributed by atoms with Crippen LogP contribution < -0.4 is 5.32 Å². The molecule has 0 saturated heterocycles. The summed E-state index contributed by atoms with van der Waals surface area (Å²) in [5, 5.41) is 2.59. The molecule has 2 aromatic rings. The SMILES string of the molecule is O=C(COC(=O)c1ccc(F)cc1)Nc1cccc(Br)c1. The second kappa shape index (κ2) is 6.99. The van der Waals surface area contributed by atoms with Crippen molar-refractivity contribution in [2.75, 3.05) is 11.9 Å². The molecule has 1 N–H and O–H groups in total. The Balaban J connectivity index is 1.86. The van der Waals surface area contributed by atoms with Crippen molar-refractivity contribution in [2.45, 2.75) is 0 Å². The minimum Gasteiger partial charge on any atom is -0.452 e. The summed E-state index contributed by atoms with van der Waals surface area (Å²) < 4.78 is 18.4. The molecule has 0 spiro atoms. The molecule has 0 bridgehead atoms. The molecule has 1 amide bonds. The van der Waals surface area contributed by atoms with E-state index in [4.69, 9.17) is 4.74 Å². The van der Waals surface area contributed by atoms with E-state index in [2.05, 4.69) is 21.2 Å². The van der Waals surface area contributed by atoms with Crippen LogP contribution in [0.3, 0.4) is 0 Å². The Kier molecular flexibility index (Phi) is 5.05. The third kappa shape index (κ3) is 4.68. The molecule has 0 heterocycles. The van der Waals surface area contributed by atoms with Crippen LogP contribution in [0.4, 0.5) is 10.1 Å². The fraction of sp³-hybridized carbons (Fsp3) is 0.0667. The van der Waals surface area contributed by atoms with Crippen molar-refractivity contribution >= 4 is 33.5 Å². The Hall–Kier alpha value is -2.21. The first-order valence-electron chi connectivity index (χ1n) is 6.03. The second-order valence-corrected chi connectivity index (χ2v) is 5.06. The lowest BCUT2D eigenvalue weighted by Gasteiger charge is -2.07. The molecule has 2 rings (SSSR count). The number of nitrogens with one attached hydrogen (secondary N) is 1. The van der Waals surface area contributed by atoms with Gasteiger partial charge >= 0.3 is 5.97 Å². The maximum atomic E-state index is 12.7. The zero-order chi connectivity index (χ0) is 15.2. The first-order valence-corrected chi connectivity index (χ1v) is 6.82. The summed E-state index contributed by atoms with van der Waals surface area (Å²) in [4.78, 5) is 23.3. The van der Waals surface area contributed by atoms with Gasteiger partial charge in [0.1, 0.15) is 5.82 Å². The molecule has 0 radical (unpaired) electrons. The van der Waals surface area contributed by atoms with Crippen LogP contribution in [0, 0.1) is 5.82 Å². The molecule has 2 aromatic carbocycles. The van der Waals surface area contributed by atoms with Crippen LogP contribution in [-0.4, -0.2) is 18.5 Å². The predicted molar refractivity (Wildman–Crippen MR) is 79.5 cm³/mol. The van der Waals surface area contributed by atoms with Crippen molar-refractivity contribution < 1.29 is 18.7 Å². The number of hydrogen-bond acceptors (Lipinski definition) is 3. The van der Waals surface area contributed by atoms with E-state index in [9.17, 15) is 14.0 Å². The predicted octanol–water partition coefficient (Wildman–Crippen LogP) is 3.38. The van der Waals surface area contributed by atoms with E-state index in [1.165, 1.54) is 12.1 Å². The zero-order valence-electron chi connectivity index (χ0n) is 10.8. The highest BCUT2D eigenvalue weighted by molar-refractivity contribution is 9.10. The first-order chi connectivity index (χ1) is 10.0. The van der Waals surface area contributed by atoms with Gasteiger partial charge in [-0.2, -0.15) is 0 Å². The third-order valence-corrected chi connectivity index (χ3v) is 3.02. The number of esters is 1. The highest BCUT2D eigenvalue weighted by atomic mass is 79.9. The third-order valence-electron chi connectivity index (χ3n) is 2.52. The summed E-state index contributed by atoms with van der Waals surface area (Å²) >= 11 is 3.28. The largest absolute Gasteiger partial charge is 0.452 e. The smallest absolute Gasteiger partial charge is 0.338 e. The van der Waals surface area contributed by atoms with Crippen molar-refractivity contribution in [1.82, 2.24) is 0 Å². The zero-order valence-corrected chi connectivity index (χ0v) is 12.4. The van der Waals surface area contributed by atoms with E-state index in [0.717, 1.165) is 16.6 Å². The minimum absolute atomic E-state index is 0.187. The Morgan fingerprint density at radius 2 is 1.86 bits per heavy atom. The highest BCUT2D eigenvalue weighted by Gasteiger charge is 2.10. The fourth-order valence-corrected chi connectivity index (χ4v) is 1.96. The van der Waals surface area contributed by atoms with Gasteiger partial charge < -0.3 is 10.1 Å². The van der Waals surface area contributed by atoms with Gasteiger partial charge in [0.05, 0.1) is 5.56 Å². The standard InChI is InChI=1S/C15H11BrFNO3/c16-11-2-1-3-13(8-11)18-14(19)9-21-15(20)10-4-6-12(17)7-5-10/h1-8H,9H2,(H,18,19). The summed E-state index contributed by atoms with van der Waals surface area (Å²) in [6, 6.07) is 11.9. The Bertz CT molecular complexity index is 658. The van der Waals surface area contributed by atoms with E-state index in [1.807, 2.05) is 6.07 Å². The van der Waals surface area contributed by atoms with Crippen molar-refractivity contribution in [1.29, 1.82) is 0 Å². The number of hydrogen-bond donors (Lipinski definition) is 1. The maximum absolute atomic E-state index is 12.7. The van der Waals surface area contributed by atoms with Crippen molar-refractivity contribution in [3.05, 3.63) is 64.4 Å². The molecule has 0 aromatic heterocycles. The van der Waals surface area contributed by atoms with E-state index in [1.54, 1.807) is 18.2 Å². The summed E-state index contributed by atoms with van der Waals surface area (Å²) in [5.74, 6) is -1.58. The number of amides is 1. The van der Waals surface area contributed by atoms with Crippen LogP contribution in [0.2, 0.25) is 0 Å². The van der Waals surface area contributed by atoms with E-state index < -0.39 is 24.3 Å². The van der Waals surface area contributed by atoms with Gasteiger partial charge in [-0.3, -0.25) is 4.79 Å². The van der Waals surface area contributed by atoms with Gasteiger partial charge in [0.2, 0.25) is 0 Å². The van der Waals surface area contributed by atoms with Gasteiger partial charge in [-0.1, -0.05) is 22.0 Å². The Labute approximate surface area is 129 Å². The molecule has 0 aliphatic heterocycles. The lowest BCUT2D eigenvalue weighted by atomic mass is 10.2. The first kappa shape index (κ1) is 15.2. The molecule has 0 saturated carbocycles. The Morgan fingerprint density at radius 3 is 2.52 bits per heavy atom. The van der Waals surface area contributed by atoms with Gasteiger partial charge in [-0.05, 0) is 42.5 Å². The summed E-state index contributed by atoms with van der Waals surface area (Å²) in [7, 11) is 0. The fourth-order valence-electron chi connectivity index (χ4n) is 1.56. The van der Waals surface area contributed by atoms with E-state index in [-0.39, 0.29) is 5.56 Å². The molecular weight excluding hydrogens is 341 g/mol. The number of anilines is 1. The van der Waals surface area contributed by atoms with Crippen molar-refractivity contribution in [2.24, 2.45) is 0 Å². The van der Waals surface area contributed by atoms with Crippen LogP contribution in [0.5, 0.6) is 0 Å². The molecule has 4 nitrogen and oxygen atoms in total.